The third-order valence-corrected chi connectivity index (χ3v) is 2.07. The minimum atomic E-state index is -0.122. The number of hydrogen-bond donors (Lipinski definition) is 1. The van der Waals surface area contributed by atoms with Crippen molar-refractivity contribution in [3.8, 4) is 0 Å². The van der Waals surface area contributed by atoms with Crippen LogP contribution in [0.3, 0.4) is 0 Å². The molecule has 0 atom stereocenters. The van der Waals surface area contributed by atoms with Crippen LogP contribution in [0.25, 0.3) is 0 Å². The molecule has 0 aliphatic carbocycles. The Kier molecular flexibility index (Phi) is 4.24. The third kappa shape index (κ3) is 3.02. The van der Waals surface area contributed by atoms with Crippen molar-refractivity contribution in [2.24, 2.45) is 0 Å². The predicted molar refractivity (Wildman–Crippen MR) is 57.1 cm³/mol. The molecular formula is C11H15N2O2. The number of amides is 1. The van der Waals surface area contributed by atoms with E-state index >= 15 is 0 Å². The second-order valence-electron chi connectivity index (χ2n) is 3.29. The average molecular weight is 207 g/mol. The van der Waals surface area contributed by atoms with Crippen LogP contribution in [0.2, 0.25) is 0 Å². The van der Waals surface area contributed by atoms with Crippen LogP contribution in [0.5, 0.6) is 0 Å². The molecule has 0 spiro atoms. The maximum atomic E-state index is 11.7. The standard InChI is InChI=1S/C11H15N2O2/c1-3-6-13(2)11(15)10-5-4-9(8-14)7-12-10/h4-5,7,14H,1,3,6,8H2,2H3. The molecule has 15 heavy (non-hydrogen) atoms. The summed E-state index contributed by atoms with van der Waals surface area (Å²) < 4.78 is 0. The molecule has 1 aromatic heterocycles. The van der Waals surface area contributed by atoms with E-state index in [-0.39, 0.29) is 12.5 Å². The van der Waals surface area contributed by atoms with Crippen molar-refractivity contribution < 1.29 is 9.90 Å². The van der Waals surface area contributed by atoms with E-state index in [2.05, 4.69) is 11.9 Å². The molecule has 1 amide bonds. The van der Waals surface area contributed by atoms with Crippen LogP contribution >= 0.6 is 0 Å². The van der Waals surface area contributed by atoms with E-state index in [1.54, 1.807) is 24.1 Å². The Bertz CT molecular complexity index is 322. The summed E-state index contributed by atoms with van der Waals surface area (Å²) in [5.41, 5.74) is 1.09. The first kappa shape index (κ1) is 11.7. The van der Waals surface area contributed by atoms with Crippen LogP contribution in [0.15, 0.2) is 18.3 Å². The molecule has 0 aromatic carbocycles. The summed E-state index contributed by atoms with van der Waals surface area (Å²) >= 11 is 0. The predicted octanol–water partition coefficient (Wildman–Crippen LogP) is 0.870. The fourth-order valence-electron chi connectivity index (χ4n) is 1.18. The van der Waals surface area contributed by atoms with Crippen molar-refractivity contribution >= 4 is 5.91 Å². The second-order valence-corrected chi connectivity index (χ2v) is 3.29. The van der Waals surface area contributed by atoms with Gasteiger partial charge in [-0.25, -0.2) is 0 Å². The van der Waals surface area contributed by atoms with Gasteiger partial charge in [0.15, 0.2) is 0 Å². The Balaban J connectivity index is 2.73. The number of carbonyl (C=O) groups is 1. The fraction of sp³-hybridized carbons (Fsp3) is 0.364. The van der Waals surface area contributed by atoms with E-state index in [4.69, 9.17) is 5.11 Å². The summed E-state index contributed by atoms with van der Waals surface area (Å²) in [6.45, 7) is 4.24. The Hall–Kier alpha value is -1.42. The van der Waals surface area contributed by atoms with Crippen molar-refractivity contribution in [2.75, 3.05) is 13.6 Å². The molecule has 0 fully saturated rings. The van der Waals surface area contributed by atoms with Crippen LogP contribution in [-0.2, 0) is 6.61 Å². The summed E-state index contributed by atoms with van der Waals surface area (Å²) in [6.07, 6.45) is 2.18. The molecule has 4 nitrogen and oxygen atoms in total. The van der Waals surface area contributed by atoms with Crippen molar-refractivity contribution in [1.29, 1.82) is 0 Å². The fourth-order valence-corrected chi connectivity index (χ4v) is 1.18. The maximum Gasteiger partial charge on any atom is 0.272 e. The lowest BCUT2D eigenvalue weighted by atomic mass is 10.2. The van der Waals surface area contributed by atoms with Gasteiger partial charge in [-0.15, -0.1) is 0 Å². The highest BCUT2D eigenvalue weighted by Crippen LogP contribution is 2.03. The summed E-state index contributed by atoms with van der Waals surface area (Å²) in [6, 6.07) is 3.31. The molecule has 0 aliphatic rings. The van der Waals surface area contributed by atoms with Gasteiger partial charge in [0.1, 0.15) is 5.69 Å². The van der Waals surface area contributed by atoms with Gasteiger partial charge in [0.05, 0.1) is 6.61 Å². The molecule has 1 rings (SSSR count). The van der Waals surface area contributed by atoms with Gasteiger partial charge in [-0.05, 0) is 18.1 Å². The van der Waals surface area contributed by atoms with Crippen LogP contribution in [0, 0.1) is 6.92 Å². The lowest BCUT2D eigenvalue weighted by molar-refractivity contribution is 0.0791. The molecule has 1 aromatic rings. The summed E-state index contributed by atoms with van der Waals surface area (Å²) in [5, 5.41) is 8.82. The van der Waals surface area contributed by atoms with E-state index < -0.39 is 0 Å². The SMILES string of the molecule is [CH2]CCN(C)C(=O)c1ccc(CO)cn1. The van der Waals surface area contributed by atoms with E-state index in [0.717, 1.165) is 0 Å². The van der Waals surface area contributed by atoms with E-state index in [1.165, 1.54) is 6.20 Å². The maximum absolute atomic E-state index is 11.7. The van der Waals surface area contributed by atoms with Gasteiger partial charge in [0.2, 0.25) is 0 Å². The number of aliphatic hydroxyl groups is 1. The van der Waals surface area contributed by atoms with Gasteiger partial charge in [0, 0.05) is 19.8 Å². The molecular weight excluding hydrogens is 192 g/mol. The number of rotatable bonds is 4. The first-order valence-corrected chi connectivity index (χ1v) is 4.79. The number of carbonyl (C=O) groups excluding carboxylic acids is 1. The van der Waals surface area contributed by atoms with Crippen molar-refractivity contribution in [1.82, 2.24) is 9.88 Å². The molecule has 0 saturated carbocycles. The number of aliphatic hydroxyl groups excluding tert-OH is 1. The Morgan fingerprint density at radius 2 is 2.33 bits per heavy atom. The van der Waals surface area contributed by atoms with Gasteiger partial charge in [0.25, 0.3) is 5.91 Å². The smallest absolute Gasteiger partial charge is 0.272 e. The molecule has 0 bridgehead atoms. The second kappa shape index (κ2) is 5.46. The number of pyridine rings is 1. The summed E-state index contributed by atoms with van der Waals surface area (Å²) in [4.78, 5) is 17.3. The normalized spacial score (nSPS) is 10.1. The highest BCUT2D eigenvalue weighted by atomic mass is 16.3. The molecule has 1 radical (unpaired) electrons. The van der Waals surface area contributed by atoms with Gasteiger partial charge < -0.3 is 10.0 Å². The topological polar surface area (TPSA) is 53.4 Å². The Morgan fingerprint density at radius 3 is 2.80 bits per heavy atom. The minimum Gasteiger partial charge on any atom is -0.392 e. The number of hydrogen-bond acceptors (Lipinski definition) is 3. The molecule has 0 saturated heterocycles. The minimum absolute atomic E-state index is 0.0593. The quantitative estimate of drug-likeness (QED) is 0.797. The Labute approximate surface area is 89.6 Å². The zero-order valence-electron chi connectivity index (χ0n) is 8.81. The molecule has 81 valence electrons. The highest BCUT2D eigenvalue weighted by Gasteiger charge is 2.11. The first-order valence-electron chi connectivity index (χ1n) is 4.79. The third-order valence-electron chi connectivity index (χ3n) is 2.07. The van der Waals surface area contributed by atoms with Crippen molar-refractivity contribution in [3.05, 3.63) is 36.5 Å². The van der Waals surface area contributed by atoms with Crippen molar-refractivity contribution in [3.63, 3.8) is 0 Å². The largest absolute Gasteiger partial charge is 0.392 e. The lowest BCUT2D eigenvalue weighted by Gasteiger charge is -2.15. The summed E-state index contributed by atoms with van der Waals surface area (Å²) in [7, 11) is 1.72. The molecule has 0 unspecified atom stereocenters. The van der Waals surface area contributed by atoms with Crippen LogP contribution in [-0.4, -0.2) is 34.5 Å². The lowest BCUT2D eigenvalue weighted by Crippen LogP contribution is -2.28. The van der Waals surface area contributed by atoms with Gasteiger partial charge >= 0.3 is 0 Å². The van der Waals surface area contributed by atoms with E-state index in [0.29, 0.717) is 24.2 Å². The van der Waals surface area contributed by atoms with Gasteiger partial charge in [-0.2, -0.15) is 0 Å². The summed E-state index contributed by atoms with van der Waals surface area (Å²) in [5.74, 6) is -0.122. The van der Waals surface area contributed by atoms with Gasteiger partial charge in [-0.3, -0.25) is 9.78 Å². The number of aromatic nitrogens is 1. The molecule has 1 heterocycles. The van der Waals surface area contributed by atoms with Crippen LogP contribution in [0.4, 0.5) is 0 Å². The van der Waals surface area contributed by atoms with Gasteiger partial charge in [-0.1, -0.05) is 13.0 Å². The zero-order valence-corrected chi connectivity index (χ0v) is 8.81. The molecule has 1 N–H and O–H groups in total. The average Bonchev–Trinajstić information content (AvgIpc) is 2.28. The first-order chi connectivity index (χ1) is 7.19. The highest BCUT2D eigenvalue weighted by molar-refractivity contribution is 5.92. The zero-order chi connectivity index (χ0) is 11.3. The number of nitrogens with zero attached hydrogens (tertiary/aromatic N) is 2. The monoisotopic (exact) mass is 207 g/mol. The van der Waals surface area contributed by atoms with E-state index in [1.807, 2.05) is 0 Å². The van der Waals surface area contributed by atoms with Crippen molar-refractivity contribution in [2.45, 2.75) is 13.0 Å². The Morgan fingerprint density at radius 1 is 1.60 bits per heavy atom. The van der Waals surface area contributed by atoms with Crippen LogP contribution < -0.4 is 0 Å². The molecule has 4 heteroatoms. The molecule has 0 aliphatic heterocycles. The van der Waals surface area contributed by atoms with E-state index in [9.17, 15) is 4.79 Å². The van der Waals surface area contributed by atoms with Crippen LogP contribution in [0.1, 0.15) is 22.5 Å².